The molecule has 0 radical (unpaired) electrons. The summed E-state index contributed by atoms with van der Waals surface area (Å²) < 4.78 is 4.91. The average Bonchev–Trinajstić information content (AvgIpc) is 3.78. The highest BCUT2D eigenvalue weighted by molar-refractivity contribution is 7.26. The van der Waals surface area contributed by atoms with Crippen LogP contribution in [0.2, 0.25) is 0 Å². The van der Waals surface area contributed by atoms with E-state index in [1.54, 1.807) is 0 Å². The minimum absolute atomic E-state index is 0.599. The van der Waals surface area contributed by atoms with Crippen molar-refractivity contribution in [1.82, 2.24) is 19.5 Å². The predicted molar refractivity (Wildman–Crippen MR) is 235 cm³/mol. The molecule has 13 rings (SSSR count). The highest BCUT2D eigenvalue weighted by Crippen LogP contribution is 2.52. The van der Waals surface area contributed by atoms with Gasteiger partial charge in [0.15, 0.2) is 11.6 Å². The molecule has 1 aliphatic carbocycles. The molecule has 0 saturated heterocycles. The molecule has 1 aliphatic rings. The first-order valence-corrected chi connectivity index (χ1v) is 19.8. The van der Waals surface area contributed by atoms with Crippen molar-refractivity contribution in [3.63, 3.8) is 0 Å². The van der Waals surface area contributed by atoms with Crippen LogP contribution in [0.4, 0.5) is 0 Å². The van der Waals surface area contributed by atoms with Gasteiger partial charge < -0.3 is 0 Å². The van der Waals surface area contributed by atoms with E-state index in [9.17, 15) is 0 Å². The fourth-order valence-corrected chi connectivity index (χ4v) is 10.5. The van der Waals surface area contributed by atoms with E-state index in [1.165, 1.54) is 69.4 Å². The minimum Gasteiger partial charge on any atom is -0.278 e. The van der Waals surface area contributed by atoms with Crippen LogP contribution < -0.4 is 0 Å². The lowest BCUT2D eigenvalue weighted by Crippen LogP contribution is -2.06. The molecule has 0 spiro atoms. The molecule has 0 atom stereocenters. The van der Waals surface area contributed by atoms with Crippen molar-refractivity contribution in [2.75, 3.05) is 0 Å². The van der Waals surface area contributed by atoms with Crippen LogP contribution in [0.1, 0.15) is 0 Å². The van der Waals surface area contributed by atoms with E-state index in [4.69, 9.17) is 15.0 Å². The first-order valence-electron chi connectivity index (χ1n) is 18.9. The maximum Gasteiger partial charge on any atom is 0.238 e. The van der Waals surface area contributed by atoms with E-state index in [1.807, 2.05) is 11.3 Å². The van der Waals surface area contributed by atoms with Crippen molar-refractivity contribution in [2.45, 2.75) is 0 Å². The lowest BCUT2D eigenvalue weighted by atomic mass is 9.95. The molecule has 3 heterocycles. The van der Waals surface area contributed by atoms with Crippen molar-refractivity contribution in [3.8, 4) is 51.0 Å². The highest BCUT2D eigenvalue weighted by Gasteiger charge is 2.27. The second kappa shape index (κ2) is 11.2. The Kier molecular flexibility index (Phi) is 6.01. The molecule has 0 fully saturated rings. The topological polar surface area (TPSA) is 43.6 Å². The summed E-state index contributed by atoms with van der Waals surface area (Å²) in [7, 11) is 0. The Bertz CT molecular complexity index is 3650. The van der Waals surface area contributed by atoms with Gasteiger partial charge in [-0.05, 0) is 79.5 Å². The van der Waals surface area contributed by atoms with Gasteiger partial charge in [0.05, 0.1) is 11.0 Å². The third-order valence-corrected chi connectivity index (χ3v) is 12.9. The van der Waals surface area contributed by atoms with E-state index >= 15 is 0 Å². The first kappa shape index (κ1) is 30.2. The Morgan fingerprint density at radius 2 is 1.02 bits per heavy atom. The summed E-state index contributed by atoms with van der Waals surface area (Å²) in [5.74, 6) is 1.88. The molecule has 12 aromatic rings. The van der Waals surface area contributed by atoms with Gasteiger partial charge in [0.2, 0.25) is 5.95 Å². The Labute approximate surface area is 324 Å². The normalized spacial score (nSPS) is 12.3. The molecule has 9 aromatic carbocycles. The zero-order valence-corrected chi connectivity index (χ0v) is 30.7. The van der Waals surface area contributed by atoms with Gasteiger partial charge in [-0.2, -0.15) is 9.97 Å². The zero-order valence-electron chi connectivity index (χ0n) is 29.9. The van der Waals surface area contributed by atoms with Crippen molar-refractivity contribution in [2.24, 2.45) is 0 Å². The van der Waals surface area contributed by atoms with E-state index in [-0.39, 0.29) is 0 Å². The predicted octanol–water partition coefficient (Wildman–Crippen LogP) is 13.8. The Morgan fingerprint density at radius 3 is 1.91 bits per heavy atom. The first-order chi connectivity index (χ1) is 27.8. The molecule has 0 amide bonds. The summed E-state index contributed by atoms with van der Waals surface area (Å²) in [5.41, 5.74) is 8.96. The molecule has 0 bridgehead atoms. The Balaban J connectivity index is 1.15. The van der Waals surface area contributed by atoms with Crippen LogP contribution in [0.15, 0.2) is 170 Å². The van der Waals surface area contributed by atoms with Crippen LogP contribution in [-0.4, -0.2) is 19.5 Å². The average molecular weight is 729 g/mol. The number of hydrogen-bond donors (Lipinski definition) is 0. The summed E-state index contributed by atoms with van der Waals surface area (Å²) >= 11 is 1.88. The van der Waals surface area contributed by atoms with Crippen LogP contribution in [0.25, 0.3) is 125 Å². The highest BCUT2D eigenvalue weighted by atomic mass is 32.1. The summed E-state index contributed by atoms with van der Waals surface area (Å²) in [6, 6.07) is 61.1. The van der Waals surface area contributed by atoms with Crippen LogP contribution >= 0.6 is 11.3 Å². The molecular formula is C51H28N4S. The molecule has 3 aromatic heterocycles. The van der Waals surface area contributed by atoms with E-state index in [0.717, 1.165) is 38.3 Å². The number of thiophene rings is 1. The van der Waals surface area contributed by atoms with Gasteiger partial charge in [-0.3, -0.25) is 4.57 Å². The van der Waals surface area contributed by atoms with Gasteiger partial charge in [0.1, 0.15) is 0 Å². The quantitative estimate of drug-likeness (QED) is 0.181. The Morgan fingerprint density at radius 1 is 0.357 bits per heavy atom. The van der Waals surface area contributed by atoms with Crippen LogP contribution in [0, 0.1) is 0 Å². The van der Waals surface area contributed by atoms with Gasteiger partial charge >= 0.3 is 0 Å². The third kappa shape index (κ3) is 4.09. The van der Waals surface area contributed by atoms with Gasteiger partial charge in [-0.1, -0.05) is 140 Å². The molecular weight excluding hydrogens is 701 g/mol. The molecule has 0 unspecified atom stereocenters. The standard InChI is InChI=1S/C51H28N4S/c1-2-11-30(12-3-1)34-14-6-16-36-35(34)15-7-19-39(36)50-52-49(33-23-22-29-10-4-5-13-32(29)28-33)53-51(54-50)55-40-20-8-17-37-38-18-9-21-42-46(38)48-43(56-42)27-25-31-24-26-41(55)47(44(31)48)45(37)40/h1-28H. The van der Waals surface area contributed by atoms with Crippen molar-refractivity contribution in [1.29, 1.82) is 0 Å². The molecule has 258 valence electrons. The van der Waals surface area contributed by atoms with Crippen LogP contribution in [0.3, 0.4) is 0 Å². The smallest absolute Gasteiger partial charge is 0.238 e. The Hall–Kier alpha value is -7.21. The maximum atomic E-state index is 5.45. The zero-order chi connectivity index (χ0) is 36.5. The number of benzene rings is 9. The largest absolute Gasteiger partial charge is 0.278 e. The third-order valence-electron chi connectivity index (χ3n) is 11.8. The van der Waals surface area contributed by atoms with Crippen molar-refractivity contribution >= 4 is 85.6 Å². The number of nitrogens with zero attached hydrogens (tertiary/aromatic N) is 4. The van der Waals surface area contributed by atoms with Gasteiger partial charge in [0.25, 0.3) is 0 Å². The van der Waals surface area contributed by atoms with Crippen LogP contribution in [-0.2, 0) is 0 Å². The number of fused-ring (bicyclic) bond motifs is 3. The van der Waals surface area contributed by atoms with Gasteiger partial charge in [-0.15, -0.1) is 11.3 Å². The number of rotatable bonds is 4. The summed E-state index contributed by atoms with van der Waals surface area (Å²) in [6.45, 7) is 0. The van der Waals surface area contributed by atoms with E-state index in [2.05, 4.69) is 174 Å². The van der Waals surface area contributed by atoms with Gasteiger partial charge in [0, 0.05) is 47.5 Å². The van der Waals surface area contributed by atoms with Crippen molar-refractivity contribution < 1.29 is 0 Å². The van der Waals surface area contributed by atoms with Gasteiger partial charge in [-0.25, -0.2) is 4.98 Å². The van der Waals surface area contributed by atoms with Crippen LogP contribution in [0.5, 0.6) is 0 Å². The molecule has 56 heavy (non-hydrogen) atoms. The fraction of sp³-hybridized carbons (Fsp3) is 0. The van der Waals surface area contributed by atoms with Crippen molar-refractivity contribution in [3.05, 3.63) is 170 Å². The molecule has 4 nitrogen and oxygen atoms in total. The molecule has 0 aliphatic heterocycles. The summed E-state index contributed by atoms with van der Waals surface area (Å²) in [5, 5.41) is 12.3. The maximum absolute atomic E-state index is 5.45. The number of hydrogen-bond acceptors (Lipinski definition) is 4. The monoisotopic (exact) mass is 728 g/mol. The second-order valence-electron chi connectivity index (χ2n) is 14.7. The van der Waals surface area contributed by atoms with E-state index in [0.29, 0.717) is 17.6 Å². The lowest BCUT2D eigenvalue weighted by molar-refractivity contribution is 0.955. The fourth-order valence-electron chi connectivity index (χ4n) is 9.35. The lowest BCUT2D eigenvalue weighted by Gasteiger charge is -2.14. The second-order valence-corrected chi connectivity index (χ2v) is 15.8. The summed E-state index contributed by atoms with van der Waals surface area (Å²) in [6.07, 6.45) is 0. The molecule has 5 heteroatoms. The SMILES string of the molecule is c1ccc(-c2cccc3c(-c4nc(-c5ccc6ccccc6c5)nc(-n5c6cccc7c6c6c8c(ccc9sc%10cccc-7c%10c98)ccc65)n4)cccc23)cc1. The summed E-state index contributed by atoms with van der Waals surface area (Å²) in [4.78, 5) is 16.1. The number of aromatic nitrogens is 4. The van der Waals surface area contributed by atoms with E-state index < -0.39 is 0 Å². The minimum atomic E-state index is 0.599. The molecule has 0 saturated carbocycles. The molecule has 0 N–H and O–H groups in total.